The van der Waals surface area contributed by atoms with Gasteiger partial charge in [0.15, 0.2) is 0 Å². The summed E-state index contributed by atoms with van der Waals surface area (Å²) in [4.78, 5) is 23.7. The summed E-state index contributed by atoms with van der Waals surface area (Å²) in [6.45, 7) is 2.29. The smallest absolute Gasteiger partial charge is 0.234 e. The number of thiophene rings is 1. The molecule has 1 N–H and O–H groups in total. The minimum Gasteiger partial charge on any atom is -0.324 e. The van der Waals surface area contributed by atoms with Crippen LogP contribution in [-0.2, 0) is 17.6 Å². The Bertz CT molecular complexity index is 1020. The summed E-state index contributed by atoms with van der Waals surface area (Å²) in [6.07, 6.45) is 4.93. The average molecular weight is 438 g/mol. The van der Waals surface area contributed by atoms with Gasteiger partial charge in [-0.1, -0.05) is 41.9 Å². The number of thioether (sulfide) groups is 1. The summed E-state index contributed by atoms with van der Waals surface area (Å²) >= 11 is 15.3. The Morgan fingerprint density at radius 1 is 1.37 bits per heavy atom. The molecule has 27 heavy (non-hydrogen) atoms. The van der Waals surface area contributed by atoms with E-state index in [1.807, 2.05) is 0 Å². The first-order valence-electron chi connectivity index (χ1n) is 8.64. The topological polar surface area (TPSA) is 54.9 Å². The summed E-state index contributed by atoms with van der Waals surface area (Å²) in [5.74, 6) is 0.812. The lowest BCUT2D eigenvalue weighted by Crippen LogP contribution is -2.14. The minimum atomic E-state index is -0.145. The third-order valence-corrected chi connectivity index (χ3v) is 7.32. The number of anilines is 1. The normalized spacial score (nSPS) is 16.3. The molecular formula is C19H17Cl2N3OS2. The zero-order chi connectivity index (χ0) is 19.0. The third-order valence-electron chi connectivity index (χ3n) is 4.60. The van der Waals surface area contributed by atoms with Gasteiger partial charge in [-0.25, -0.2) is 9.97 Å². The van der Waals surface area contributed by atoms with Crippen LogP contribution in [0, 0.1) is 5.92 Å². The van der Waals surface area contributed by atoms with Crippen molar-refractivity contribution >= 4 is 68.1 Å². The number of nitrogens with one attached hydrogen (secondary N) is 1. The maximum atomic E-state index is 12.4. The number of carbonyl (C=O) groups excluding carboxylic acids is 1. The van der Waals surface area contributed by atoms with Crippen molar-refractivity contribution in [2.45, 2.75) is 31.2 Å². The summed E-state index contributed by atoms with van der Waals surface area (Å²) in [6, 6.07) is 5.00. The molecule has 1 amide bonds. The van der Waals surface area contributed by atoms with Crippen molar-refractivity contribution in [3.05, 3.63) is 45.0 Å². The highest BCUT2D eigenvalue weighted by atomic mass is 35.5. The Morgan fingerprint density at radius 3 is 3.07 bits per heavy atom. The molecule has 1 aliphatic carbocycles. The van der Waals surface area contributed by atoms with E-state index in [4.69, 9.17) is 23.2 Å². The Hall–Kier alpha value is -1.34. The quantitative estimate of drug-likeness (QED) is 0.410. The summed E-state index contributed by atoms with van der Waals surface area (Å²) in [5, 5.41) is 5.80. The Morgan fingerprint density at radius 2 is 2.22 bits per heavy atom. The van der Waals surface area contributed by atoms with E-state index in [9.17, 15) is 4.79 Å². The predicted octanol–water partition coefficient (Wildman–Crippen LogP) is 5.85. The van der Waals surface area contributed by atoms with E-state index in [0.717, 1.165) is 28.1 Å². The van der Waals surface area contributed by atoms with Crippen LogP contribution in [0.15, 0.2) is 29.6 Å². The fraction of sp³-hybridized carbons (Fsp3) is 0.316. The van der Waals surface area contributed by atoms with Gasteiger partial charge in [0, 0.05) is 15.3 Å². The number of hydrogen-bond acceptors (Lipinski definition) is 5. The first kappa shape index (κ1) is 19.0. The maximum absolute atomic E-state index is 12.4. The second-order valence-corrected chi connectivity index (χ2v) is 9.56. The highest BCUT2D eigenvalue weighted by molar-refractivity contribution is 8.00. The fourth-order valence-corrected chi connectivity index (χ4v) is 5.85. The molecule has 1 atom stereocenters. The molecule has 0 unspecified atom stereocenters. The summed E-state index contributed by atoms with van der Waals surface area (Å²) < 4.78 is 0. The van der Waals surface area contributed by atoms with Gasteiger partial charge in [0.2, 0.25) is 5.91 Å². The van der Waals surface area contributed by atoms with Gasteiger partial charge >= 0.3 is 0 Å². The van der Waals surface area contributed by atoms with Crippen LogP contribution in [0.1, 0.15) is 23.8 Å². The molecule has 0 bridgehead atoms. The molecule has 4 nitrogen and oxygen atoms in total. The van der Waals surface area contributed by atoms with Gasteiger partial charge < -0.3 is 5.32 Å². The largest absolute Gasteiger partial charge is 0.324 e. The number of aromatic nitrogens is 2. The Kier molecular flexibility index (Phi) is 5.60. The molecule has 0 aliphatic heterocycles. The average Bonchev–Trinajstić information content (AvgIpc) is 3.01. The van der Waals surface area contributed by atoms with Gasteiger partial charge in [0.25, 0.3) is 0 Å². The highest BCUT2D eigenvalue weighted by Gasteiger charge is 2.23. The van der Waals surface area contributed by atoms with Gasteiger partial charge in [-0.2, -0.15) is 0 Å². The lowest BCUT2D eigenvalue weighted by molar-refractivity contribution is -0.113. The third kappa shape index (κ3) is 4.09. The maximum Gasteiger partial charge on any atom is 0.234 e. The molecule has 2 aromatic heterocycles. The van der Waals surface area contributed by atoms with Crippen molar-refractivity contribution in [3.63, 3.8) is 0 Å². The number of amides is 1. The van der Waals surface area contributed by atoms with Crippen LogP contribution in [0.5, 0.6) is 0 Å². The van der Waals surface area contributed by atoms with E-state index < -0.39 is 0 Å². The number of hydrogen-bond donors (Lipinski definition) is 1. The van der Waals surface area contributed by atoms with Crippen molar-refractivity contribution in [3.8, 4) is 0 Å². The number of nitrogens with zero attached hydrogens (tertiary/aromatic N) is 2. The van der Waals surface area contributed by atoms with Crippen LogP contribution in [-0.4, -0.2) is 21.6 Å². The van der Waals surface area contributed by atoms with Crippen LogP contribution in [0.3, 0.4) is 0 Å². The predicted molar refractivity (Wildman–Crippen MR) is 114 cm³/mol. The molecular weight excluding hydrogens is 421 g/mol. The van der Waals surface area contributed by atoms with Gasteiger partial charge in [-0.15, -0.1) is 11.3 Å². The molecule has 0 radical (unpaired) electrons. The van der Waals surface area contributed by atoms with Crippen LogP contribution < -0.4 is 5.32 Å². The molecule has 8 heteroatoms. The van der Waals surface area contributed by atoms with E-state index in [0.29, 0.717) is 21.7 Å². The second kappa shape index (κ2) is 7.95. The molecule has 4 rings (SSSR count). The molecule has 2 heterocycles. The number of aryl methyl sites for hydroxylation is 1. The van der Waals surface area contributed by atoms with E-state index in [1.165, 1.54) is 28.6 Å². The molecule has 1 aliphatic rings. The molecule has 140 valence electrons. The Labute approximate surface area is 175 Å². The first-order valence-corrected chi connectivity index (χ1v) is 11.2. The van der Waals surface area contributed by atoms with Crippen LogP contribution >= 0.6 is 46.3 Å². The van der Waals surface area contributed by atoms with Gasteiger partial charge in [0.1, 0.15) is 16.2 Å². The van der Waals surface area contributed by atoms with Gasteiger partial charge in [-0.3, -0.25) is 4.79 Å². The van der Waals surface area contributed by atoms with E-state index >= 15 is 0 Å². The van der Waals surface area contributed by atoms with Crippen molar-refractivity contribution in [1.29, 1.82) is 0 Å². The van der Waals surface area contributed by atoms with Crippen LogP contribution in [0.25, 0.3) is 10.2 Å². The van der Waals surface area contributed by atoms with Crippen molar-refractivity contribution in [2.24, 2.45) is 5.92 Å². The fourth-order valence-electron chi connectivity index (χ4n) is 3.27. The second-order valence-electron chi connectivity index (χ2n) is 6.67. The van der Waals surface area contributed by atoms with E-state index in [1.54, 1.807) is 35.9 Å². The Balaban J connectivity index is 1.52. The van der Waals surface area contributed by atoms with Crippen LogP contribution in [0.2, 0.25) is 10.0 Å². The van der Waals surface area contributed by atoms with Crippen molar-refractivity contribution in [1.82, 2.24) is 9.97 Å². The van der Waals surface area contributed by atoms with Crippen molar-refractivity contribution in [2.75, 3.05) is 11.1 Å². The molecule has 0 saturated heterocycles. The van der Waals surface area contributed by atoms with Gasteiger partial charge in [-0.05, 0) is 48.9 Å². The summed E-state index contributed by atoms with van der Waals surface area (Å²) in [5.41, 5.74) is 1.89. The first-order chi connectivity index (χ1) is 13.0. The number of halogens is 2. The summed E-state index contributed by atoms with van der Waals surface area (Å²) in [7, 11) is 0. The molecule has 0 spiro atoms. The standard InChI is InChI=1S/C19H17Cl2N3OS2/c1-10-2-4-12-15(6-10)27-19-17(12)18(22-9-23-19)26-8-16(25)24-14-7-11(20)3-5-13(14)21/h3,5,7,9-10H,2,4,6,8H2,1H3,(H,24,25)/t10-/m0/s1. The SMILES string of the molecule is C[C@H]1CCc2c(sc3ncnc(SCC(=O)Nc4cc(Cl)ccc4Cl)c23)C1. The highest BCUT2D eigenvalue weighted by Crippen LogP contribution is 2.40. The van der Waals surface area contributed by atoms with E-state index in [2.05, 4.69) is 22.2 Å². The zero-order valence-corrected chi connectivity index (χ0v) is 17.7. The van der Waals surface area contributed by atoms with Gasteiger partial charge in [0.05, 0.1) is 16.5 Å². The molecule has 0 saturated carbocycles. The number of rotatable bonds is 4. The number of benzene rings is 1. The molecule has 1 aromatic carbocycles. The minimum absolute atomic E-state index is 0.145. The van der Waals surface area contributed by atoms with E-state index in [-0.39, 0.29) is 11.7 Å². The lowest BCUT2D eigenvalue weighted by atomic mass is 9.89. The number of fused-ring (bicyclic) bond motifs is 3. The molecule has 0 fully saturated rings. The zero-order valence-electron chi connectivity index (χ0n) is 14.6. The van der Waals surface area contributed by atoms with Crippen molar-refractivity contribution < 1.29 is 4.79 Å². The van der Waals surface area contributed by atoms with Crippen LogP contribution in [0.4, 0.5) is 5.69 Å². The molecule has 3 aromatic rings. The lowest BCUT2D eigenvalue weighted by Gasteiger charge is -2.18. The number of carbonyl (C=O) groups is 1. The monoisotopic (exact) mass is 437 g/mol.